The van der Waals surface area contributed by atoms with Crippen molar-refractivity contribution >= 4 is 17.5 Å². The fourth-order valence-electron chi connectivity index (χ4n) is 2.89. The summed E-state index contributed by atoms with van der Waals surface area (Å²) in [4.78, 5) is 22.6. The Hall–Kier alpha value is -2.08. The molecule has 0 saturated heterocycles. The van der Waals surface area contributed by atoms with Gasteiger partial charge in [-0.1, -0.05) is 24.6 Å². The molecule has 2 amide bonds. The molecule has 1 aliphatic rings. The van der Waals surface area contributed by atoms with Crippen LogP contribution >= 0.6 is 0 Å². The highest BCUT2D eigenvalue weighted by molar-refractivity contribution is 5.76. The van der Waals surface area contributed by atoms with Crippen LogP contribution < -0.4 is 16.1 Å². The van der Waals surface area contributed by atoms with Crippen molar-refractivity contribution in [2.45, 2.75) is 44.4 Å². The molecule has 0 aliphatic carbocycles. The van der Waals surface area contributed by atoms with Crippen LogP contribution in [-0.2, 0) is 9.59 Å². The third-order valence-electron chi connectivity index (χ3n) is 4.19. The smallest absolute Gasteiger partial charge is 0.243 e. The van der Waals surface area contributed by atoms with Crippen LogP contribution in [0.3, 0.4) is 0 Å². The lowest BCUT2D eigenvalue weighted by atomic mass is 9.98. The lowest BCUT2D eigenvalue weighted by Crippen LogP contribution is -2.25. The highest BCUT2D eigenvalue weighted by Gasteiger charge is 2.20. The molecule has 0 bridgehead atoms. The lowest BCUT2D eigenvalue weighted by Gasteiger charge is -2.11. The lowest BCUT2D eigenvalue weighted by molar-refractivity contribution is -0.129. The average Bonchev–Trinajstić information content (AvgIpc) is 2.97. The second kappa shape index (κ2) is 9.15. The number of hydroxylamine groups is 1. The van der Waals surface area contributed by atoms with E-state index in [0.29, 0.717) is 31.7 Å². The van der Waals surface area contributed by atoms with Gasteiger partial charge in [-0.25, -0.2) is 5.48 Å². The van der Waals surface area contributed by atoms with Gasteiger partial charge in [0, 0.05) is 37.5 Å². The Morgan fingerprint density at radius 3 is 2.65 bits per heavy atom. The van der Waals surface area contributed by atoms with E-state index in [-0.39, 0.29) is 11.8 Å². The van der Waals surface area contributed by atoms with Gasteiger partial charge in [0.2, 0.25) is 11.8 Å². The Morgan fingerprint density at radius 2 is 1.87 bits per heavy atom. The van der Waals surface area contributed by atoms with Crippen molar-refractivity contribution in [3.05, 3.63) is 29.8 Å². The summed E-state index contributed by atoms with van der Waals surface area (Å²) in [5.74, 6) is 0.152. The van der Waals surface area contributed by atoms with Crippen molar-refractivity contribution in [2.24, 2.45) is 0 Å². The van der Waals surface area contributed by atoms with Gasteiger partial charge < -0.3 is 10.6 Å². The minimum Gasteiger partial charge on any atom is -0.384 e. The normalized spacial score (nSPS) is 15.6. The van der Waals surface area contributed by atoms with E-state index >= 15 is 0 Å². The first-order valence-electron chi connectivity index (χ1n) is 8.23. The molecule has 1 aromatic carbocycles. The highest BCUT2D eigenvalue weighted by Crippen LogP contribution is 2.32. The second-order valence-corrected chi connectivity index (χ2v) is 5.90. The molecule has 1 atom stereocenters. The third kappa shape index (κ3) is 5.56. The topological polar surface area (TPSA) is 90.5 Å². The van der Waals surface area contributed by atoms with Gasteiger partial charge in [0.15, 0.2) is 0 Å². The summed E-state index contributed by atoms with van der Waals surface area (Å²) in [5, 5.41) is 14.7. The first kappa shape index (κ1) is 17.3. The van der Waals surface area contributed by atoms with Gasteiger partial charge >= 0.3 is 0 Å². The third-order valence-corrected chi connectivity index (χ3v) is 4.19. The summed E-state index contributed by atoms with van der Waals surface area (Å²) in [7, 11) is 0. The molecule has 0 saturated carbocycles. The standard InChI is InChI=1S/C17H25N3O3/c21-16(8-2-1-3-9-17(22)20-23)18-11-10-13-12-19-15-7-5-4-6-14(13)15/h4-7,13,19,23H,1-3,8-12H2,(H,18,21)(H,20,22). The van der Waals surface area contributed by atoms with Gasteiger partial charge in [-0.2, -0.15) is 0 Å². The number of rotatable bonds is 9. The molecule has 126 valence electrons. The number of para-hydroxylation sites is 1. The zero-order chi connectivity index (χ0) is 16.5. The monoisotopic (exact) mass is 319 g/mol. The SMILES string of the molecule is O=C(CCCCCC(=O)NCCC1CNc2ccccc21)NO. The maximum atomic E-state index is 11.8. The zero-order valence-electron chi connectivity index (χ0n) is 13.3. The molecule has 23 heavy (non-hydrogen) atoms. The van der Waals surface area contributed by atoms with Gasteiger partial charge in [-0.3, -0.25) is 14.8 Å². The molecule has 1 aromatic rings. The predicted octanol–water partition coefficient (Wildman–Crippen LogP) is 2.16. The number of carbonyl (C=O) groups is 2. The number of nitrogens with one attached hydrogen (secondary N) is 3. The van der Waals surface area contributed by atoms with Crippen molar-refractivity contribution in [1.29, 1.82) is 0 Å². The van der Waals surface area contributed by atoms with Crippen LogP contribution in [0.15, 0.2) is 24.3 Å². The minimum atomic E-state index is -0.375. The Labute approximate surface area is 136 Å². The van der Waals surface area contributed by atoms with E-state index < -0.39 is 0 Å². The summed E-state index contributed by atoms with van der Waals surface area (Å²) in [6.07, 6.45) is 3.97. The van der Waals surface area contributed by atoms with E-state index in [1.54, 1.807) is 5.48 Å². The fourth-order valence-corrected chi connectivity index (χ4v) is 2.89. The summed E-state index contributed by atoms with van der Waals surface area (Å²) in [6.45, 7) is 1.62. The number of amides is 2. The molecule has 0 spiro atoms. The van der Waals surface area contributed by atoms with E-state index in [9.17, 15) is 9.59 Å². The van der Waals surface area contributed by atoms with Crippen LogP contribution in [0.5, 0.6) is 0 Å². The van der Waals surface area contributed by atoms with Gasteiger partial charge in [0.05, 0.1) is 0 Å². The Morgan fingerprint density at radius 1 is 1.13 bits per heavy atom. The molecule has 0 radical (unpaired) electrons. The first-order valence-corrected chi connectivity index (χ1v) is 8.23. The van der Waals surface area contributed by atoms with E-state index in [0.717, 1.165) is 25.8 Å². The first-order chi connectivity index (χ1) is 11.2. The van der Waals surface area contributed by atoms with E-state index in [1.807, 2.05) is 6.07 Å². The van der Waals surface area contributed by atoms with Gasteiger partial charge in [-0.05, 0) is 30.9 Å². The molecule has 0 fully saturated rings. The molecular weight excluding hydrogens is 294 g/mol. The molecule has 6 nitrogen and oxygen atoms in total. The largest absolute Gasteiger partial charge is 0.384 e. The van der Waals surface area contributed by atoms with Crippen LogP contribution in [0.25, 0.3) is 0 Å². The van der Waals surface area contributed by atoms with Crippen molar-refractivity contribution in [3.63, 3.8) is 0 Å². The quantitative estimate of drug-likeness (QED) is 0.319. The Balaban J connectivity index is 1.55. The van der Waals surface area contributed by atoms with Crippen molar-refractivity contribution in [2.75, 3.05) is 18.4 Å². The van der Waals surface area contributed by atoms with E-state index in [2.05, 4.69) is 28.8 Å². The molecule has 4 N–H and O–H groups in total. The number of unbranched alkanes of at least 4 members (excludes halogenated alkanes) is 2. The van der Waals surface area contributed by atoms with E-state index in [4.69, 9.17) is 5.21 Å². The van der Waals surface area contributed by atoms with Crippen LogP contribution in [0, 0.1) is 0 Å². The van der Waals surface area contributed by atoms with Crippen LogP contribution in [0.1, 0.15) is 50.0 Å². The van der Waals surface area contributed by atoms with Crippen molar-refractivity contribution in [1.82, 2.24) is 10.8 Å². The molecule has 1 unspecified atom stereocenters. The van der Waals surface area contributed by atoms with Gasteiger partial charge in [0.1, 0.15) is 0 Å². The van der Waals surface area contributed by atoms with Crippen molar-refractivity contribution in [3.8, 4) is 0 Å². The number of benzene rings is 1. The van der Waals surface area contributed by atoms with Gasteiger partial charge in [-0.15, -0.1) is 0 Å². The van der Waals surface area contributed by atoms with Crippen LogP contribution in [-0.4, -0.2) is 30.1 Å². The minimum absolute atomic E-state index is 0.0656. The van der Waals surface area contributed by atoms with Gasteiger partial charge in [0.25, 0.3) is 0 Å². The maximum Gasteiger partial charge on any atom is 0.243 e. The number of hydrogen-bond donors (Lipinski definition) is 4. The maximum absolute atomic E-state index is 11.8. The molecular formula is C17H25N3O3. The highest BCUT2D eigenvalue weighted by atomic mass is 16.5. The van der Waals surface area contributed by atoms with Crippen LogP contribution in [0.4, 0.5) is 5.69 Å². The molecule has 1 heterocycles. The molecule has 1 aliphatic heterocycles. The Bertz CT molecular complexity index is 534. The number of carbonyl (C=O) groups excluding carboxylic acids is 2. The summed E-state index contributed by atoms with van der Waals surface area (Å²) < 4.78 is 0. The second-order valence-electron chi connectivity index (χ2n) is 5.90. The summed E-state index contributed by atoms with van der Waals surface area (Å²) >= 11 is 0. The zero-order valence-corrected chi connectivity index (χ0v) is 13.3. The molecule has 0 aromatic heterocycles. The molecule has 6 heteroatoms. The number of anilines is 1. The molecule has 2 rings (SSSR count). The average molecular weight is 319 g/mol. The fraction of sp³-hybridized carbons (Fsp3) is 0.529. The predicted molar refractivity (Wildman–Crippen MR) is 88.3 cm³/mol. The number of hydrogen-bond acceptors (Lipinski definition) is 4. The summed E-state index contributed by atoms with van der Waals surface area (Å²) in [5.41, 5.74) is 4.14. The Kier molecular flexibility index (Phi) is 6.87. The van der Waals surface area contributed by atoms with E-state index in [1.165, 1.54) is 11.3 Å². The summed E-state index contributed by atoms with van der Waals surface area (Å²) in [6, 6.07) is 8.31. The van der Waals surface area contributed by atoms with Crippen LogP contribution in [0.2, 0.25) is 0 Å². The van der Waals surface area contributed by atoms with Crippen molar-refractivity contribution < 1.29 is 14.8 Å². The number of fused-ring (bicyclic) bond motifs is 1.